The molecule has 3 heteroatoms. The first-order valence-electron chi connectivity index (χ1n) is 7.82. The van der Waals surface area contributed by atoms with Crippen LogP contribution in [0.15, 0.2) is 18.2 Å². The summed E-state index contributed by atoms with van der Waals surface area (Å²) in [6.07, 6.45) is 2.76. The van der Waals surface area contributed by atoms with Crippen molar-refractivity contribution < 1.29 is 0 Å². The molecule has 112 valence electrons. The van der Waals surface area contributed by atoms with Gasteiger partial charge in [0.15, 0.2) is 0 Å². The average molecular weight is 295 g/mol. The maximum Gasteiger partial charge on any atom is 0.0474 e. The molecule has 1 N–H and O–H groups in total. The predicted molar refractivity (Wildman–Crippen MR) is 88.7 cm³/mol. The molecular weight excluding hydrogens is 268 g/mol. The fourth-order valence-electron chi connectivity index (χ4n) is 2.65. The van der Waals surface area contributed by atoms with E-state index in [0.29, 0.717) is 12.1 Å². The Morgan fingerprint density at radius 1 is 1.30 bits per heavy atom. The molecule has 0 heterocycles. The summed E-state index contributed by atoms with van der Waals surface area (Å²) >= 11 is 6.49. The molecule has 1 aliphatic rings. The number of hydrogen-bond donors (Lipinski definition) is 1. The Morgan fingerprint density at radius 3 is 2.50 bits per heavy atom. The van der Waals surface area contributed by atoms with Crippen LogP contribution in [-0.4, -0.2) is 19.1 Å². The van der Waals surface area contributed by atoms with Crippen LogP contribution in [0.2, 0.25) is 5.02 Å². The Morgan fingerprint density at radius 2 is 2.00 bits per heavy atom. The molecule has 0 amide bonds. The van der Waals surface area contributed by atoms with Crippen LogP contribution in [0.3, 0.4) is 0 Å². The lowest BCUT2D eigenvalue weighted by Crippen LogP contribution is -2.32. The second kappa shape index (κ2) is 6.82. The average Bonchev–Trinajstić information content (AvgIpc) is 3.19. The van der Waals surface area contributed by atoms with Crippen LogP contribution in [0.5, 0.6) is 0 Å². The van der Waals surface area contributed by atoms with Crippen molar-refractivity contribution in [3.05, 3.63) is 28.8 Å². The summed E-state index contributed by atoms with van der Waals surface area (Å²) in [6, 6.07) is 7.35. The van der Waals surface area contributed by atoms with Gasteiger partial charge < -0.3 is 10.2 Å². The van der Waals surface area contributed by atoms with Crippen molar-refractivity contribution in [3.63, 3.8) is 0 Å². The van der Waals surface area contributed by atoms with Gasteiger partial charge in [0, 0.05) is 29.3 Å². The van der Waals surface area contributed by atoms with E-state index in [1.54, 1.807) is 0 Å². The minimum absolute atomic E-state index is 0.303. The molecule has 0 aromatic heterocycles. The van der Waals surface area contributed by atoms with Crippen molar-refractivity contribution in [2.45, 2.75) is 52.6 Å². The number of anilines is 1. The lowest BCUT2D eigenvalue weighted by molar-refractivity contribution is 0.597. The highest BCUT2D eigenvalue weighted by atomic mass is 35.5. The second-order valence-corrected chi connectivity index (χ2v) is 6.58. The van der Waals surface area contributed by atoms with Gasteiger partial charge in [-0.05, 0) is 63.8 Å². The molecule has 0 aliphatic heterocycles. The fourth-order valence-corrected chi connectivity index (χ4v) is 2.99. The molecule has 0 saturated heterocycles. The Balaban J connectivity index is 2.17. The summed E-state index contributed by atoms with van der Waals surface area (Å²) < 4.78 is 0. The molecule has 0 radical (unpaired) electrons. The van der Waals surface area contributed by atoms with Gasteiger partial charge in [-0.1, -0.05) is 24.6 Å². The molecule has 1 fully saturated rings. The van der Waals surface area contributed by atoms with E-state index >= 15 is 0 Å². The zero-order valence-corrected chi connectivity index (χ0v) is 13.9. The number of nitrogens with one attached hydrogen (secondary N) is 1. The van der Waals surface area contributed by atoms with Crippen molar-refractivity contribution in [3.8, 4) is 0 Å². The second-order valence-electron chi connectivity index (χ2n) is 6.17. The van der Waals surface area contributed by atoms with Crippen LogP contribution in [0.1, 0.15) is 52.1 Å². The number of nitrogens with zero attached hydrogens (tertiary/aromatic N) is 1. The lowest BCUT2D eigenvalue weighted by Gasteiger charge is -2.30. The van der Waals surface area contributed by atoms with Crippen molar-refractivity contribution in [2.75, 3.05) is 18.0 Å². The molecule has 1 atom stereocenters. The van der Waals surface area contributed by atoms with Gasteiger partial charge in [-0.2, -0.15) is 0 Å². The minimum Gasteiger partial charge on any atom is -0.369 e. The molecule has 1 saturated carbocycles. The van der Waals surface area contributed by atoms with Crippen LogP contribution >= 0.6 is 11.6 Å². The third-order valence-corrected chi connectivity index (χ3v) is 4.39. The Bertz CT molecular complexity index is 441. The number of halogens is 1. The van der Waals surface area contributed by atoms with Crippen molar-refractivity contribution in [1.29, 1.82) is 0 Å². The zero-order chi connectivity index (χ0) is 14.7. The molecule has 1 aromatic carbocycles. The normalized spacial score (nSPS) is 16.5. The van der Waals surface area contributed by atoms with E-state index in [9.17, 15) is 0 Å². The largest absolute Gasteiger partial charge is 0.369 e. The van der Waals surface area contributed by atoms with Crippen LogP contribution < -0.4 is 10.2 Å². The molecular formula is C17H27ClN2. The van der Waals surface area contributed by atoms with Gasteiger partial charge in [0.2, 0.25) is 0 Å². The van der Waals surface area contributed by atoms with E-state index in [-0.39, 0.29) is 0 Å². The van der Waals surface area contributed by atoms with Gasteiger partial charge in [0.25, 0.3) is 0 Å². The van der Waals surface area contributed by atoms with Crippen molar-refractivity contribution in [2.24, 2.45) is 5.92 Å². The Kier molecular flexibility index (Phi) is 5.34. The quantitative estimate of drug-likeness (QED) is 0.788. The highest BCUT2D eigenvalue weighted by Crippen LogP contribution is 2.34. The molecule has 20 heavy (non-hydrogen) atoms. The van der Waals surface area contributed by atoms with E-state index in [4.69, 9.17) is 11.6 Å². The molecule has 1 aromatic rings. The monoisotopic (exact) mass is 294 g/mol. The maximum atomic E-state index is 6.49. The summed E-state index contributed by atoms with van der Waals surface area (Å²) in [7, 11) is 0. The third-order valence-electron chi connectivity index (χ3n) is 4.07. The van der Waals surface area contributed by atoms with Gasteiger partial charge in [-0.3, -0.25) is 0 Å². The van der Waals surface area contributed by atoms with Gasteiger partial charge in [-0.15, -0.1) is 0 Å². The zero-order valence-electron chi connectivity index (χ0n) is 13.1. The summed E-state index contributed by atoms with van der Waals surface area (Å²) in [5.74, 6) is 0.886. The molecule has 0 bridgehead atoms. The van der Waals surface area contributed by atoms with Crippen LogP contribution in [0, 0.1) is 5.92 Å². The predicted octanol–water partition coefficient (Wildman–Crippen LogP) is 4.64. The van der Waals surface area contributed by atoms with E-state index < -0.39 is 0 Å². The van der Waals surface area contributed by atoms with Gasteiger partial charge in [0.05, 0.1) is 0 Å². The van der Waals surface area contributed by atoms with Crippen LogP contribution in [0.4, 0.5) is 5.69 Å². The van der Waals surface area contributed by atoms with Crippen molar-refractivity contribution in [1.82, 2.24) is 5.32 Å². The van der Waals surface area contributed by atoms with Crippen LogP contribution in [-0.2, 0) is 0 Å². The maximum absolute atomic E-state index is 6.49. The Hall–Kier alpha value is -0.730. The SMILES string of the molecule is CCNC(C)c1ccc(N(CC2CC2)C(C)C)cc1Cl. The topological polar surface area (TPSA) is 15.3 Å². The smallest absolute Gasteiger partial charge is 0.0474 e. The van der Waals surface area contributed by atoms with Crippen molar-refractivity contribution >= 4 is 17.3 Å². The molecule has 1 unspecified atom stereocenters. The number of rotatable bonds is 7. The fraction of sp³-hybridized carbons (Fsp3) is 0.647. The van der Waals surface area contributed by atoms with Crippen LogP contribution in [0.25, 0.3) is 0 Å². The highest BCUT2D eigenvalue weighted by Gasteiger charge is 2.26. The van der Waals surface area contributed by atoms with E-state index in [1.165, 1.54) is 24.1 Å². The van der Waals surface area contributed by atoms with Gasteiger partial charge in [-0.25, -0.2) is 0 Å². The first-order chi connectivity index (χ1) is 9.52. The Labute approximate surface area is 128 Å². The van der Waals surface area contributed by atoms with E-state index in [0.717, 1.165) is 24.0 Å². The van der Waals surface area contributed by atoms with Gasteiger partial charge >= 0.3 is 0 Å². The standard InChI is InChI=1S/C17H27ClN2/c1-5-19-13(4)16-9-8-15(10-17(16)18)20(12(2)3)11-14-6-7-14/h8-10,12-14,19H,5-7,11H2,1-4H3. The van der Waals surface area contributed by atoms with E-state index in [1.807, 2.05) is 0 Å². The summed E-state index contributed by atoms with van der Waals surface area (Å²) in [6.45, 7) is 10.9. The third kappa shape index (κ3) is 3.89. The minimum atomic E-state index is 0.303. The summed E-state index contributed by atoms with van der Waals surface area (Å²) in [5, 5.41) is 4.29. The lowest BCUT2D eigenvalue weighted by atomic mass is 10.1. The molecule has 0 spiro atoms. The molecule has 2 rings (SSSR count). The first kappa shape index (κ1) is 15.7. The van der Waals surface area contributed by atoms with E-state index in [2.05, 4.69) is 56.1 Å². The number of hydrogen-bond acceptors (Lipinski definition) is 2. The first-order valence-corrected chi connectivity index (χ1v) is 8.20. The summed E-state index contributed by atoms with van der Waals surface area (Å²) in [5.41, 5.74) is 2.44. The van der Waals surface area contributed by atoms with Gasteiger partial charge in [0.1, 0.15) is 0 Å². The summed E-state index contributed by atoms with van der Waals surface area (Å²) in [4.78, 5) is 2.48. The highest BCUT2D eigenvalue weighted by molar-refractivity contribution is 6.31. The molecule has 1 aliphatic carbocycles. The number of benzene rings is 1. The molecule has 2 nitrogen and oxygen atoms in total.